The highest BCUT2D eigenvalue weighted by Crippen LogP contribution is 2.37. The van der Waals surface area contributed by atoms with E-state index in [2.05, 4.69) is 31.5 Å². The van der Waals surface area contributed by atoms with Crippen molar-refractivity contribution < 1.29 is 4.68 Å². The van der Waals surface area contributed by atoms with Gasteiger partial charge in [-0.25, -0.2) is 15.0 Å². The van der Waals surface area contributed by atoms with E-state index >= 15 is 0 Å². The largest absolute Gasteiger partial charge is 0.326 e. The van der Waals surface area contributed by atoms with Crippen molar-refractivity contribution >= 4 is 5.82 Å². The molecule has 0 aliphatic heterocycles. The molecular formula is C21H22N7+. The Bertz CT molecular complexity index is 1120. The Kier molecular flexibility index (Phi) is 3.93. The molecule has 0 atom stereocenters. The molecule has 0 aromatic carbocycles. The molecule has 0 spiro atoms. The fraction of sp³-hybridized carbons (Fsp3) is 0.238. The van der Waals surface area contributed by atoms with Gasteiger partial charge in [0.2, 0.25) is 12.4 Å². The van der Waals surface area contributed by atoms with Crippen molar-refractivity contribution in [2.75, 3.05) is 5.43 Å². The molecule has 0 bridgehead atoms. The van der Waals surface area contributed by atoms with Crippen LogP contribution in [0.15, 0.2) is 61.6 Å². The van der Waals surface area contributed by atoms with Crippen LogP contribution in [-0.2, 0) is 0 Å². The number of aryl methyl sites for hydroxylation is 1. The topological polar surface area (TPSA) is 64.4 Å². The van der Waals surface area contributed by atoms with E-state index in [1.54, 1.807) is 0 Å². The van der Waals surface area contributed by atoms with Crippen molar-refractivity contribution in [3.05, 3.63) is 73.0 Å². The number of anilines is 1. The smallest absolute Gasteiger partial charge is 0.202 e. The zero-order chi connectivity index (χ0) is 19.1. The van der Waals surface area contributed by atoms with Gasteiger partial charge in [0.1, 0.15) is 0 Å². The maximum absolute atomic E-state index is 4.77. The first-order valence-electron chi connectivity index (χ1n) is 9.47. The van der Waals surface area contributed by atoms with E-state index < -0.39 is 0 Å². The molecule has 7 heteroatoms. The van der Waals surface area contributed by atoms with Crippen molar-refractivity contribution in [1.82, 2.24) is 24.1 Å². The van der Waals surface area contributed by atoms with Crippen LogP contribution in [0.1, 0.15) is 30.3 Å². The van der Waals surface area contributed by atoms with E-state index in [1.807, 2.05) is 73.2 Å². The summed E-state index contributed by atoms with van der Waals surface area (Å²) in [4.78, 5) is 13.4. The minimum absolute atomic E-state index is 0.577. The van der Waals surface area contributed by atoms with Gasteiger partial charge in [-0.05, 0) is 38.8 Å². The average molecular weight is 372 g/mol. The Hall–Kier alpha value is -3.48. The second kappa shape index (κ2) is 6.60. The molecule has 1 N–H and O–H groups in total. The third kappa shape index (κ3) is 3.05. The minimum Gasteiger partial charge on any atom is -0.326 e. The number of pyridine rings is 2. The zero-order valence-electron chi connectivity index (χ0n) is 15.9. The molecular weight excluding hydrogens is 350 g/mol. The summed E-state index contributed by atoms with van der Waals surface area (Å²) in [6.45, 7) is 4.09. The predicted octanol–water partition coefficient (Wildman–Crippen LogP) is 3.25. The molecule has 0 unspecified atom stereocenters. The van der Waals surface area contributed by atoms with Gasteiger partial charge in [-0.2, -0.15) is 0 Å². The average Bonchev–Trinajstić information content (AvgIpc) is 3.35. The summed E-state index contributed by atoms with van der Waals surface area (Å²) in [7, 11) is 0. The highest BCUT2D eigenvalue weighted by Gasteiger charge is 2.26. The molecule has 28 heavy (non-hydrogen) atoms. The SMILES string of the molecule is Cc1ncn(-c2cc[n+](Nc3cccc(-c4cncn4C4CC4)n3)cc2)c1C. The molecule has 0 radical (unpaired) electrons. The van der Waals surface area contributed by atoms with Gasteiger partial charge in [-0.15, -0.1) is 5.43 Å². The van der Waals surface area contributed by atoms with E-state index in [0.29, 0.717) is 6.04 Å². The Morgan fingerprint density at radius 2 is 1.89 bits per heavy atom. The van der Waals surface area contributed by atoms with Crippen LogP contribution in [0.25, 0.3) is 17.1 Å². The number of aromatic nitrogens is 6. The van der Waals surface area contributed by atoms with Crippen molar-refractivity contribution in [2.45, 2.75) is 32.7 Å². The standard InChI is InChI=1S/C21H22N7/c1-15-16(2)27(14-23-15)18-8-10-26(11-9-18)25-21-5-3-4-19(24-21)20-12-22-13-28(20)17-6-7-17/h3-5,8-14,17H,6-7H2,1-2H3,(H,24,25)/q+1. The maximum Gasteiger partial charge on any atom is 0.202 e. The number of nitrogens with zero attached hydrogens (tertiary/aromatic N) is 6. The van der Waals surface area contributed by atoms with Gasteiger partial charge >= 0.3 is 0 Å². The van der Waals surface area contributed by atoms with E-state index in [1.165, 1.54) is 12.8 Å². The lowest BCUT2D eigenvalue weighted by Gasteiger charge is -2.07. The number of nitrogens with one attached hydrogen (secondary N) is 1. The molecule has 4 aromatic heterocycles. The zero-order valence-corrected chi connectivity index (χ0v) is 15.9. The highest BCUT2D eigenvalue weighted by molar-refractivity contribution is 5.57. The lowest BCUT2D eigenvalue weighted by molar-refractivity contribution is -0.643. The van der Waals surface area contributed by atoms with Crippen LogP contribution in [0.3, 0.4) is 0 Å². The minimum atomic E-state index is 0.577. The number of hydrogen-bond donors (Lipinski definition) is 1. The fourth-order valence-corrected chi connectivity index (χ4v) is 3.33. The lowest BCUT2D eigenvalue weighted by atomic mass is 10.3. The molecule has 1 saturated carbocycles. The normalized spacial score (nSPS) is 13.6. The highest BCUT2D eigenvalue weighted by atomic mass is 15.4. The van der Waals surface area contributed by atoms with Crippen molar-refractivity contribution in [2.24, 2.45) is 0 Å². The van der Waals surface area contributed by atoms with Crippen molar-refractivity contribution in [1.29, 1.82) is 0 Å². The third-order valence-electron chi connectivity index (χ3n) is 5.20. The lowest BCUT2D eigenvalue weighted by Crippen LogP contribution is -2.41. The van der Waals surface area contributed by atoms with Gasteiger partial charge in [0.15, 0.2) is 5.82 Å². The van der Waals surface area contributed by atoms with Gasteiger partial charge < -0.3 is 9.13 Å². The van der Waals surface area contributed by atoms with Gasteiger partial charge in [-0.1, -0.05) is 10.7 Å². The van der Waals surface area contributed by atoms with E-state index in [4.69, 9.17) is 4.98 Å². The predicted molar refractivity (Wildman–Crippen MR) is 106 cm³/mol. The molecule has 1 fully saturated rings. The van der Waals surface area contributed by atoms with Crippen LogP contribution in [0, 0.1) is 13.8 Å². The first-order chi connectivity index (χ1) is 13.7. The maximum atomic E-state index is 4.77. The summed E-state index contributed by atoms with van der Waals surface area (Å²) < 4.78 is 6.20. The summed E-state index contributed by atoms with van der Waals surface area (Å²) in [5.41, 5.74) is 8.58. The molecule has 0 amide bonds. The Morgan fingerprint density at radius 1 is 1.07 bits per heavy atom. The second-order valence-electron chi connectivity index (χ2n) is 7.19. The summed E-state index contributed by atoms with van der Waals surface area (Å²) in [6.07, 6.45) is 12.0. The van der Waals surface area contributed by atoms with Crippen molar-refractivity contribution in [3.8, 4) is 17.1 Å². The van der Waals surface area contributed by atoms with Crippen molar-refractivity contribution in [3.63, 3.8) is 0 Å². The fourth-order valence-electron chi connectivity index (χ4n) is 3.33. The number of imidazole rings is 2. The van der Waals surface area contributed by atoms with Gasteiger partial charge in [0.25, 0.3) is 0 Å². The molecule has 0 saturated heterocycles. The van der Waals surface area contributed by atoms with Crippen LogP contribution < -0.4 is 10.1 Å². The van der Waals surface area contributed by atoms with E-state index in [-0.39, 0.29) is 0 Å². The first kappa shape index (κ1) is 16.7. The summed E-state index contributed by atoms with van der Waals surface area (Å²) >= 11 is 0. The monoisotopic (exact) mass is 372 g/mol. The third-order valence-corrected chi connectivity index (χ3v) is 5.20. The van der Waals surface area contributed by atoms with Gasteiger partial charge in [-0.3, -0.25) is 0 Å². The quantitative estimate of drug-likeness (QED) is 0.546. The number of rotatable bonds is 5. The van der Waals surface area contributed by atoms with E-state index in [9.17, 15) is 0 Å². The van der Waals surface area contributed by atoms with Crippen LogP contribution in [-0.4, -0.2) is 24.1 Å². The van der Waals surface area contributed by atoms with Crippen LogP contribution in [0.4, 0.5) is 5.82 Å². The summed E-state index contributed by atoms with van der Waals surface area (Å²) in [5, 5.41) is 0. The van der Waals surface area contributed by atoms with Crippen LogP contribution >= 0.6 is 0 Å². The molecule has 1 aliphatic rings. The Labute approximate surface area is 163 Å². The van der Waals surface area contributed by atoms with Crippen LogP contribution in [0.2, 0.25) is 0 Å². The number of hydrogen-bond acceptors (Lipinski definition) is 4. The first-order valence-corrected chi connectivity index (χ1v) is 9.47. The molecule has 140 valence electrons. The second-order valence-corrected chi connectivity index (χ2v) is 7.19. The van der Waals surface area contributed by atoms with Gasteiger partial charge in [0, 0.05) is 23.9 Å². The molecule has 4 aromatic rings. The Morgan fingerprint density at radius 3 is 2.61 bits per heavy atom. The molecule has 4 heterocycles. The molecule has 7 nitrogen and oxygen atoms in total. The summed E-state index contributed by atoms with van der Waals surface area (Å²) in [6, 6.07) is 10.7. The molecule has 5 rings (SSSR count). The molecule has 1 aliphatic carbocycles. The Balaban J connectivity index is 1.38. The van der Waals surface area contributed by atoms with Crippen LogP contribution in [0.5, 0.6) is 0 Å². The summed E-state index contributed by atoms with van der Waals surface area (Å²) in [5.74, 6) is 0.786. The van der Waals surface area contributed by atoms with Gasteiger partial charge in [0.05, 0.1) is 41.6 Å². The van der Waals surface area contributed by atoms with E-state index in [0.717, 1.165) is 34.3 Å².